The first-order valence-electron chi connectivity index (χ1n) is 3.88. The van der Waals surface area contributed by atoms with E-state index in [1.165, 1.54) is 0 Å². The molecule has 0 bridgehead atoms. The molecule has 0 spiro atoms. The monoisotopic (exact) mass is 156 g/mol. The van der Waals surface area contributed by atoms with Crippen LogP contribution < -0.4 is 0 Å². The van der Waals surface area contributed by atoms with E-state index < -0.39 is 0 Å². The Morgan fingerprint density at radius 3 is 3.17 bits per heavy atom. The third kappa shape index (κ3) is 0.998. The van der Waals surface area contributed by atoms with Crippen LogP contribution in [0.5, 0.6) is 0 Å². The zero-order valence-corrected chi connectivity index (χ0v) is 6.62. The lowest BCUT2D eigenvalue weighted by Gasteiger charge is -2.09. The lowest BCUT2D eigenvalue weighted by molar-refractivity contribution is 1.01. The number of fused-ring (bicyclic) bond motifs is 1. The molecule has 0 unspecified atom stereocenters. The normalized spacial score (nSPS) is 13.6. The van der Waals surface area contributed by atoms with Crippen molar-refractivity contribution >= 4 is 11.9 Å². The van der Waals surface area contributed by atoms with E-state index in [-0.39, 0.29) is 0 Å². The summed E-state index contributed by atoms with van der Waals surface area (Å²) in [5.41, 5.74) is 2.88. The number of nitrogens with zero attached hydrogens (tertiary/aromatic N) is 2. The first kappa shape index (κ1) is 7.05. The lowest BCUT2D eigenvalue weighted by Crippen LogP contribution is -1.96. The van der Waals surface area contributed by atoms with Crippen LogP contribution in [0.2, 0.25) is 0 Å². The van der Waals surface area contributed by atoms with Crippen molar-refractivity contribution in [2.24, 2.45) is 4.99 Å². The van der Waals surface area contributed by atoms with Gasteiger partial charge in [-0.1, -0.05) is 5.92 Å². The first-order valence-corrected chi connectivity index (χ1v) is 3.88. The van der Waals surface area contributed by atoms with Gasteiger partial charge in [-0.05, 0) is 18.4 Å². The molecular weight excluding hydrogens is 148 g/mol. The van der Waals surface area contributed by atoms with Gasteiger partial charge in [-0.25, -0.2) is 0 Å². The Bertz CT molecular complexity index is 372. The molecule has 2 heteroatoms. The number of aromatic nitrogens is 1. The van der Waals surface area contributed by atoms with Crippen LogP contribution in [-0.2, 0) is 6.42 Å². The van der Waals surface area contributed by atoms with Crippen LogP contribution in [0.15, 0.2) is 17.4 Å². The standard InChI is InChI=1S/C10H8N2/c1-2-8-6-11-7-9-4-3-5-12-10(8)9/h1,5-7H,3-4H2. The van der Waals surface area contributed by atoms with E-state index in [0.717, 1.165) is 29.7 Å². The molecule has 2 nitrogen and oxygen atoms in total. The van der Waals surface area contributed by atoms with Crippen molar-refractivity contribution in [3.63, 3.8) is 0 Å². The van der Waals surface area contributed by atoms with Crippen molar-refractivity contribution in [3.05, 3.63) is 23.5 Å². The Kier molecular flexibility index (Phi) is 1.64. The van der Waals surface area contributed by atoms with Gasteiger partial charge in [0.25, 0.3) is 0 Å². The predicted octanol–water partition coefficient (Wildman–Crippen LogP) is 1.71. The molecule has 0 fully saturated rings. The van der Waals surface area contributed by atoms with Gasteiger partial charge in [-0.2, -0.15) is 0 Å². The second-order valence-corrected chi connectivity index (χ2v) is 2.69. The number of pyridine rings is 1. The fourth-order valence-electron chi connectivity index (χ4n) is 1.31. The minimum absolute atomic E-state index is 0.795. The van der Waals surface area contributed by atoms with Gasteiger partial charge in [0.1, 0.15) is 0 Å². The van der Waals surface area contributed by atoms with Crippen LogP contribution in [0.25, 0.3) is 0 Å². The minimum Gasteiger partial charge on any atom is -0.263 e. The van der Waals surface area contributed by atoms with E-state index in [2.05, 4.69) is 15.9 Å². The molecule has 0 aromatic carbocycles. The maximum Gasteiger partial charge on any atom is 0.0845 e. The molecule has 0 saturated heterocycles. The third-order valence-corrected chi connectivity index (χ3v) is 1.91. The van der Waals surface area contributed by atoms with E-state index in [0.29, 0.717) is 0 Å². The largest absolute Gasteiger partial charge is 0.263 e. The summed E-state index contributed by atoms with van der Waals surface area (Å²) in [5.74, 6) is 2.58. The van der Waals surface area contributed by atoms with Gasteiger partial charge in [-0.3, -0.25) is 9.98 Å². The van der Waals surface area contributed by atoms with Crippen LogP contribution in [0, 0.1) is 12.3 Å². The van der Waals surface area contributed by atoms with Gasteiger partial charge in [0.15, 0.2) is 0 Å². The molecule has 1 aromatic heterocycles. The van der Waals surface area contributed by atoms with Crippen LogP contribution in [0.3, 0.4) is 0 Å². The van der Waals surface area contributed by atoms with Crippen molar-refractivity contribution in [1.29, 1.82) is 0 Å². The van der Waals surface area contributed by atoms with E-state index >= 15 is 0 Å². The topological polar surface area (TPSA) is 25.2 Å². The molecule has 1 aliphatic heterocycles. The Labute approximate surface area is 71.4 Å². The van der Waals surface area contributed by atoms with Crippen molar-refractivity contribution < 1.29 is 0 Å². The second-order valence-electron chi connectivity index (χ2n) is 2.69. The Hall–Kier alpha value is -1.62. The van der Waals surface area contributed by atoms with Crippen LogP contribution in [-0.4, -0.2) is 11.2 Å². The summed E-state index contributed by atoms with van der Waals surface area (Å²) < 4.78 is 0. The summed E-state index contributed by atoms with van der Waals surface area (Å²) in [6, 6.07) is 0. The van der Waals surface area contributed by atoms with Crippen LogP contribution >= 0.6 is 0 Å². The predicted molar refractivity (Wildman–Crippen MR) is 48.6 cm³/mol. The van der Waals surface area contributed by atoms with Gasteiger partial charge < -0.3 is 0 Å². The summed E-state index contributed by atoms with van der Waals surface area (Å²) in [6.45, 7) is 0. The van der Waals surface area contributed by atoms with Crippen LogP contribution in [0.4, 0.5) is 5.69 Å². The number of aliphatic imine (C=N–C) groups is 1. The van der Waals surface area contributed by atoms with Crippen molar-refractivity contribution in [2.45, 2.75) is 12.8 Å². The zero-order valence-electron chi connectivity index (χ0n) is 6.62. The van der Waals surface area contributed by atoms with E-state index in [1.807, 2.05) is 12.4 Å². The van der Waals surface area contributed by atoms with E-state index in [9.17, 15) is 0 Å². The number of hydrogen-bond acceptors (Lipinski definition) is 2. The van der Waals surface area contributed by atoms with Gasteiger partial charge in [-0.15, -0.1) is 6.42 Å². The Morgan fingerprint density at radius 1 is 1.42 bits per heavy atom. The van der Waals surface area contributed by atoms with Crippen LogP contribution in [0.1, 0.15) is 17.5 Å². The average Bonchev–Trinajstić information content (AvgIpc) is 2.17. The molecule has 58 valence electrons. The highest BCUT2D eigenvalue weighted by Gasteiger charge is 2.08. The molecule has 12 heavy (non-hydrogen) atoms. The number of hydrogen-bond donors (Lipinski definition) is 0. The fourth-order valence-corrected chi connectivity index (χ4v) is 1.31. The van der Waals surface area contributed by atoms with Crippen molar-refractivity contribution in [2.75, 3.05) is 0 Å². The quantitative estimate of drug-likeness (QED) is 0.525. The van der Waals surface area contributed by atoms with E-state index in [4.69, 9.17) is 6.42 Å². The first-order chi connectivity index (χ1) is 5.92. The van der Waals surface area contributed by atoms with Crippen molar-refractivity contribution in [1.82, 2.24) is 4.98 Å². The Morgan fingerprint density at radius 2 is 2.33 bits per heavy atom. The van der Waals surface area contributed by atoms with E-state index in [1.54, 1.807) is 6.20 Å². The highest BCUT2D eigenvalue weighted by molar-refractivity contribution is 5.72. The lowest BCUT2D eigenvalue weighted by atomic mass is 10.1. The molecule has 1 aromatic rings. The summed E-state index contributed by atoms with van der Waals surface area (Å²) >= 11 is 0. The number of aryl methyl sites for hydroxylation is 1. The van der Waals surface area contributed by atoms with Gasteiger partial charge in [0, 0.05) is 18.6 Å². The average molecular weight is 156 g/mol. The number of rotatable bonds is 0. The summed E-state index contributed by atoms with van der Waals surface area (Å²) in [4.78, 5) is 8.31. The molecule has 0 atom stereocenters. The zero-order chi connectivity index (χ0) is 8.39. The summed E-state index contributed by atoms with van der Waals surface area (Å²) in [5, 5.41) is 0. The number of terminal acetylenes is 1. The smallest absolute Gasteiger partial charge is 0.0845 e. The molecule has 0 aliphatic carbocycles. The molecule has 2 rings (SSSR count). The highest BCUT2D eigenvalue weighted by Crippen LogP contribution is 2.26. The molecular formula is C10H8N2. The summed E-state index contributed by atoms with van der Waals surface area (Å²) in [6.07, 6.45) is 12.7. The molecule has 0 radical (unpaired) electrons. The molecule has 0 N–H and O–H groups in total. The van der Waals surface area contributed by atoms with Gasteiger partial charge >= 0.3 is 0 Å². The SMILES string of the molecule is C#Cc1cncc2c1N=CCC2. The Balaban J connectivity index is 2.64. The minimum atomic E-state index is 0.795. The summed E-state index contributed by atoms with van der Waals surface area (Å²) in [7, 11) is 0. The maximum atomic E-state index is 5.31. The fraction of sp³-hybridized carbons (Fsp3) is 0.200. The van der Waals surface area contributed by atoms with Gasteiger partial charge in [0.05, 0.1) is 11.3 Å². The third-order valence-electron chi connectivity index (χ3n) is 1.91. The highest BCUT2D eigenvalue weighted by atomic mass is 14.8. The molecule has 0 saturated carbocycles. The molecule has 1 aliphatic rings. The maximum absolute atomic E-state index is 5.31. The molecule has 2 heterocycles. The van der Waals surface area contributed by atoms with Crippen molar-refractivity contribution in [3.8, 4) is 12.3 Å². The second kappa shape index (κ2) is 2.78. The van der Waals surface area contributed by atoms with Gasteiger partial charge in [0.2, 0.25) is 0 Å². The molecule has 0 amide bonds.